The molecule has 0 spiro atoms. The van der Waals surface area contributed by atoms with Gasteiger partial charge in [0.15, 0.2) is 0 Å². The monoisotopic (exact) mass is 316 g/mol. The van der Waals surface area contributed by atoms with Gasteiger partial charge in [-0.3, -0.25) is 9.88 Å². The topological polar surface area (TPSA) is 43.8 Å². The summed E-state index contributed by atoms with van der Waals surface area (Å²) in [6.45, 7) is 8.52. The number of morpholine rings is 1. The first-order chi connectivity index (χ1) is 11.3. The van der Waals surface area contributed by atoms with E-state index in [2.05, 4.69) is 16.0 Å². The van der Waals surface area contributed by atoms with Crippen LogP contribution in [0.4, 0.5) is 0 Å². The molecule has 2 heterocycles. The molecule has 3 rings (SSSR count). The predicted molar refractivity (Wildman–Crippen MR) is 90.1 cm³/mol. The van der Waals surface area contributed by atoms with Crippen molar-refractivity contribution in [2.75, 3.05) is 52.7 Å². The van der Waals surface area contributed by atoms with Crippen LogP contribution in [0.25, 0.3) is 10.9 Å². The van der Waals surface area contributed by atoms with Gasteiger partial charge in [0.1, 0.15) is 12.4 Å². The Morgan fingerprint density at radius 2 is 1.91 bits per heavy atom. The van der Waals surface area contributed by atoms with E-state index in [1.807, 2.05) is 31.2 Å². The van der Waals surface area contributed by atoms with Gasteiger partial charge in [0.25, 0.3) is 0 Å². The largest absolute Gasteiger partial charge is 0.491 e. The number of nitrogens with zero attached hydrogens (tertiary/aromatic N) is 2. The molecule has 124 valence electrons. The fourth-order valence-electron chi connectivity index (χ4n) is 2.63. The smallest absolute Gasteiger partial charge is 0.121 e. The molecule has 0 amide bonds. The molecule has 2 aromatic rings. The van der Waals surface area contributed by atoms with Crippen molar-refractivity contribution in [3.8, 4) is 5.75 Å². The number of aromatic nitrogens is 1. The minimum Gasteiger partial charge on any atom is -0.491 e. The van der Waals surface area contributed by atoms with Gasteiger partial charge < -0.3 is 14.2 Å². The van der Waals surface area contributed by atoms with Gasteiger partial charge in [-0.2, -0.15) is 0 Å². The van der Waals surface area contributed by atoms with E-state index in [9.17, 15) is 0 Å². The Bertz CT molecular complexity index is 627. The number of pyridine rings is 1. The van der Waals surface area contributed by atoms with Crippen molar-refractivity contribution < 1.29 is 14.2 Å². The number of hydrogen-bond acceptors (Lipinski definition) is 5. The summed E-state index contributed by atoms with van der Waals surface area (Å²) in [5, 5.41) is 1.13. The first kappa shape index (κ1) is 16.2. The van der Waals surface area contributed by atoms with Crippen LogP contribution in [0.2, 0.25) is 0 Å². The maximum Gasteiger partial charge on any atom is 0.121 e. The summed E-state index contributed by atoms with van der Waals surface area (Å²) >= 11 is 0. The molecule has 5 nitrogen and oxygen atoms in total. The lowest BCUT2D eigenvalue weighted by atomic mass is 10.2. The quantitative estimate of drug-likeness (QED) is 0.733. The zero-order valence-electron chi connectivity index (χ0n) is 13.7. The summed E-state index contributed by atoms with van der Waals surface area (Å²) in [6.07, 6.45) is 0. The average Bonchev–Trinajstić information content (AvgIpc) is 2.58. The van der Waals surface area contributed by atoms with E-state index in [1.54, 1.807) is 0 Å². The van der Waals surface area contributed by atoms with Crippen LogP contribution in [-0.2, 0) is 9.47 Å². The number of aryl methyl sites for hydroxylation is 1. The van der Waals surface area contributed by atoms with Crippen molar-refractivity contribution in [3.63, 3.8) is 0 Å². The second-order valence-electron chi connectivity index (χ2n) is 5.72. The number of ether oxygens (including phenoxy) is 3. The van der Waals surface area contributed by atoms with E-state index in [0.717, 1.165) is 61.8 Å². The van der Waals surface area contributed by atoms with Gasteiger partial charge in [-0.05, 0) is 25.1 Å². The van der Waals surface area contributed by atoms with E-state index in [0.29, 0.717) is 13.2 Å². The van der Waals surface area contributed by atoms with Crippen molar-refractivity contribution in [3.05, 3.63) is 36.0 Å². The van der Waals surface area contributed by atoms with E-state index >= 15 is 0 Å². The average molecular weight is 316 g/mol. The Balaban J connectivity index is 1.37. The summed E-state index contributed by atoms with van der Waals surface area (Å²) in [7, 11) is 0. The molecule has 0 bridgehead atoms. The molecule has 1 aromatic heterocycles. The highest BCUT2D eigenvalue weighted by molar-refractivity contribution is 5.80. The second kappa shape index (κ2) is 8.24. The molecule has 5 heteroatoms. The normalized spacial score (nSPS) is 15.9. The van der Waals surface area contributed by atoms with Crippen molar-refractivity contribution >= 4 is 10.9 Å². The molecular formula is C18H24N2O3. The molecule has 1 aromatic carbocycles. The lowest BCUT2D eigenvalue weighted by Gasteiger charge is -2.26. The lowest BCUT2D eigenvalue weighted by Crippen LogP contribution is -2.38. The SMILES string of the molecule is Cc1ccc2ccc(OCCOCCN3CCOCC3)cc2n1. The van der Waals surface area contributed by atoms with Gasteiger partial charge in [0.05, 0.1) is 31.9 Å². The first-order valence-electron chi connectivity index (χ1n) is 8.19. The molecule has 0 atom stereocenters. The molecule has 1 fully saturated rings. The fraction of sp³-hybridized carbons (Fsp3) is 0.500. The van der Waals surface area contributed by atoms with Crippen LogP contribution in [0.1, 0.15) is 5.69 Å². The second-order valence-corrected chi connectivity index (χ2v) is 5.72. The molecule has 0 aliphatic carbocycles. The molecule has 1 aliphatic rings. The third-order valence-electron chi connectivity index (χ3n) is 3.95. The van der Waals surface area contributed by atoms with Crippen LogP contribution in [0, 0.1) is 6.92 Å². The maximum absolute atomic E-state index is 5.75. The van der Waals surface area contributed by atoms with Gasteiger partial charge in [-0.1, -0.05) is 6.07 Å². The van der Waals surface area contributed by atoms with Crippen LogP contribution in [0.15, 0.2) is 30.3 Å². The highest BCUT2D eigenvalue weighted by Gasteiger charge is 2.09. The van der Waals surface area contributed by atoms with E-state index in [-0.39, 0.29) is 0 Å². The highest BCUT2D eigenvalue weighted by Crippen LogP contribution is 2.19. The van der Waals surface area contributed by atoms with Gasteiger partial charge >= 0.3 is 0 Å². The van der Waals surface area contributed by atoms with Gasteiger partial charge in [-0.15, -0.1) is 0 Å². The molecule has 0 unspecified atom stereocenters. The Labute approximate surface area is 137 Å². The molecule has 0 saturated carbocycles. The van der Waals surface area contributed by atoms with Crippen LogP contribution in [0.3, 0.4) is 0 Å². The van der Waals surface area contributed by atoms with E-state index < -0.39 is 0 Å². The summed E-state index contributed by atoms with van der Waals surface area (Å²) in [5.41, 5.74) is 1.98. The van der Waals surface area contributed by atoms with E-state index in [1.165, 1.54) is 0 Å². The summed E-state index contributed by atoms with van der Waals surface area (Å²) < 4.78 is 16.7. The fourth-order valence-corrected chi connectivity index (χ4v) is 2.63. The Hall–Kier alpha value is -1.69. The highest BCUT2D eigenvalue weighted by atomic mass is 16.5. The van der Waals surface area contributed by atoms with Crippen LogP contribution in [0.5, 0.6) is 5.75 Å². The standard InChI is InChI=1S/C18H24N2O3/c1-15-2-3-16-4-5-17(14-18(16)19-15)23-13-12-22-11-8-20-6-9-21-10-7-20/h2-5,14H,6-13H2,1H3. The molecule has 0 N–H and O–H groups in total. The van der Waals surface area contributed by atoms with Gasteiger partial charge in [0, 0.05) is 36.8 Å². The van der Waals surface area contributed by atoms with Crippen molar-refractivity contribution in [2.24, 2.45) is 0 Å². The summed E-state index contributed by atoms with van der Waals surface area (Å²) in [4.78, 5) is 6.88. The summed E-state index contributed by atoms with van der Waals surface area (Å²) in [6, 6.07) is 10.1. The zero-order valence-corrected chi connectivity index (χ0v) is 13.7. The zero-order chi connectivity index (χ0) is 15.9. The minimum atomic E-state index is 0.556. The van der Waals surface area contributed by atoms with Crippen LogP contribution < -0.4 is 4.74 Å². The molecule has 1 aliphatic heterocycles. The molecule has 0 radical (unpaired) electrons. The molecule has 1 saturated heterocycles. The Morgan fingerprint density at radius 1 is 1.09 bits per heavy atom. The van der Waals surface area contributed by atoms with Crippen LogP contribution in [-0.4, -0.2) is 62.6 Å². The number of rotatable bonds is 7. The molecule has 23 heavy (non-hydrogen) atoms. The molecular weight excluding hydrogens is 292 g/mol. The number of hydrogen-bond donors (Lipinski definition) is 0. The van der Waals surface area contributed by atoms with Crippen molar-refractivity contribution in [1.29, 1.82) is 0 Å². The summed E-state index contributed by atoms with van der Waals surface area (Å²) in [5.74, 6) is 0.840. The number of fused-ring (bicyclic) bond motifs is 1. The Kier molecular flexibility index (Phi) is 5.80. The van der Waals surface area contributed by atoms with Gasteiger partial charge in [0.2, 0.25) is 0 Å². The predicted octanol–water partition coefficient (Wildman–Crippen LogP) is 2.27. The first-order valence-corrected chi connectivity index (χ1v) is 8.19. The van der Waals surface area contributed by atoms with Gasteiger partial charge in [-0.25, -0.2) is 0 Å². The van der Waals surface area contributed by atoms with Crippen molar-refractivity contribution in [1.82, 2.24) is 9.88 Å². The lowest BCUT2D eigenvalue weighted by molar-refractivity contribution is 0.0170. The minimum absolute atomic E-state index is 0.556. The third kappa shape index (κ3) is 4.89. The van der Waals surface area contributed by atoms with E-state index in [4.69, 9.17) is 14.2 Å². The maximum atomic E-state index is 5.75. The number of benzene rings is 1. The van der Waals surface area contributed by atoms with Crippen LogP contribution >= 0.6 is 0 Å². The third-order valence-corrected chi connectivity index (χ3v) is 3.95. The van der Waals surface area contributed by atoms with Crippen molar-refractivity contribution in [2.45, 2.75) is 6.92 Å². The Morgan fingerprint density at radius 3 is 2.78 bits per heavy atom.